The summed E-state index contributed by atoms with van der Waals surface area (Å²) in [7, 11) is 1.65. The maximum absolute atomic E-state index is 12.3. The number of nitrogens with one attached hydrogen (secondary N) is 1. The van der Waals surface area contributed by atoms with Crippen molar-refractivity contribution in [2.45, 2.75) is 38.4 Å². The molecule has 142 valence electrons. The number of hydrogen-bond donors (Lipinski definition) is 1. The Labute approximate surface area is 159 Å². The van der Waals surface area contributed by atoms with Crippen LogP contribution >= 0.6 is 0 Å². The Balaban J connectivity index is 1.51. The molecule has 0 radical (unpaired) electrons. The summed E-state index contributed by atoms with van der Waals surface area (Å²) in [4.78, 5) is 14.0. The summed E-state index contributed by atoms with van der Waals surface area (Å²) in [6.07, 6.45) is 3.62. The molecule has 2 atom stereocenters. The van der Waals surface area contributed by atoms with Gasteiger partial charge in [-0.3, -0.25) is 9.48 Å². The fourth-order valence-corrected chi connectivity index (χ4v) is 3.29. The van der Waals surface area contributed by atoms with Gasteiger partial charge in [0.05, 0.1) is 32.0 Å². The number of nitriles is 1. The third-order valence-corrected chi connectivity index (χ3v) is 4.81. The Kier molecular flexibility index (Phi) is 6.09. The average molecular weight is 367 g/mol. The quantitative estimate of drug-likeness (QED) is 0.810. The molecule has 7 heteroatoms. The van der Waals surface area contributed by atoms with Crippen LogP contribution in [0.2, 0.25) is 0 Å². The lowest BCUT2D eigenvalue weighted by molar-refractivity contribution is -0.130. The highest BCUT2D eigenvalue weighted by Crippen LogP contribution is 2.20. The summed E-state index contributed by atoms with van der Waals surface area (Å²) in [5.41, 5.74) is 1.93. The van der Waals surface area contributed by atoms with Crippen LogP contribution in [0.4, 0.5) is 0 Å². The molecule has 1 aliphatic heterocycles. The zero-order valence-electron chi connectivity index (χ0n) is 15.8. The van der Waals surface area contributed by atoms with Gasteiger partial charge in [-0.2, -0.15) is 10.4 Å². The van der Waals surface area contributed by atoms with Crippen molar-refractivity contribution in [3.8, 4) is 23.1 Å². The van der Waals surface area contributed by atoms with Gasteiger partial charge in [0.2, 0.25) is 5.91 Å². The predicted molar refractivity (Wildman–Crippen MR) is 102 cm³/mol. The van der Waals surface area contributed by atoms with E-state index in [-0.39, 0.29) is 24.5 Å². The van der Waals surface area contributed by atoms with Crippen molar-refractivity contribution in [3.05, 3.63) is 36.5 Å². The van der Waals surface area contributed by atoms with E-state index in [0.29, 0.717) is 13.1 Å². The number of aromatic nitrogens is 2. The van der Waals surface area contributed by atoms with Crippen LogP contribution in [-0.2, 0) is 11.3 Å². The van der Waals surface area contributed by atoms with Crippen molar-refractivity contribution in [1.82, 2.24) is 20.0 Å². The van der Waals surface area contributed by atoms with Gasteiger partial charge in [-0.15, -0.1) is 0 Å². The van der Waals surface area contributed by atoms with E-state index in [0.717, 1.165) is 29.8 Å². The average Bonchev–Trinajstić information content (AvgIpc) is 3.35. The van der Waals surface area contributed by atoms with Crippen molar-refractivity contribution in [2.75, 3.05) is 20.2 Å². The molecule has 0 saturated carbocycles. The smallest absolute Gasteiger partial charge is 0.237 e. The number of likely N-dealkylation sites (tertiary alicyclic amines) is 1. The lowest BCUT2D eigenvalue weighted by atomic mass is 10.1. The summed E-state index contributed by atoms with van der Waals surface area (Å²) >= 11 is 0. The van der Waals surface area contributed by atoms with E-state index in [4.69, 9.17) is 10.00 Å². The first-order valence-corrected chi connectivity index (χ1v) is 9.21. The summed E-state index contributed by atoms with van der Waals surface area (Å²) in [6, 6.07) is 11.8. The van der Waals surface area contributed by atoms with Gasteiger partial charge in [0.15, 0.2) is 0 Å². The molecule has 1 fully saturated rings. The molecule has 2 aromatic rings. The Morgan fingerprint density at radius 2 is 2.19 bits per heavy atom. The molecule has 1 saturated heterocycles. The number of benzene rings is 1. The van der Waals surface area contributed by atoms with Crippen LogP contribution in [0.1, 0.15) is 19.8 Å². The molecule has 1 aliphatic rings. The highest BCUT2D eigenvalue weighted by Gasteiger charge is 2.28. The van der Waals surface area contributed by atoms with Crippen molar-refractivity contribution in [1.29, 1.82) is 5.26 Å². The zero-order valence-corrected chi connectivity index (χ0v) is 15.8. The number of ether oxygens (including phenoxy) is 1. The van der Waals surface area contributed by atoms with Crippen LogP contribution in [0.25, 0.3) is 11.3 Å². The van der Waals surface area contributed by atoms with Crippen LogP contribution in [0, 0.1) is 11.3 Å². The van der Waals surface area contributed by atoms with Gasteiger partial charge in [-0.25, -0.2) is 0 Å². The van der Waals surface area contributed by atoms with Gasteiger partial charge in [-0.1, -0.05) is 0 Å². The summed E-state index contributed by atoms with van der Waals surface area (Å²) in [5.74, 6) is 0.808. The first-order chi connectivity index (χ1) is 13.1. The Hall–Kier alpha value is -2.85. The highest BCUT2D eigenvalue weighted by atomic mass is 16.5. The van der Waals surface area contributed by atoms with Crippen molar-refractivity contribution < 1.29 is 9.53 Å². The molecule has 0 bridgehead atoms. The van der Waals surface area contributed by atoms with Crippen LogP contribution in [-0.4, -0.2) is 52.9 Å². The Morgan fingerprint density at radius 3 is 2.89 bits per heavy atom. The first kappa shape index (κ1) is 18.9. The largest absolute Gasteiger partial charge is 0.497 e. The lowest BCUT2D eigenvalue weighted by Gasteiger charge is -2.21. The first-order valence-electron chi connectivity index (χ1n) is 9.21. The molecular formula is C20H25N5O2. The van der Waals surface area contributed by atoms with E-state index in [9.17, 15) is 4.79 Å². The monoisotopic (exact) mass is 367 g/mol. The number of hydrogen-bond acceptors (Lipinski definition) is 5. The minimum atomic E-state index is -0.271. The molecule has 3 rings (SSSR count). The van der Waals surface area contributed by atoms with Crippen LogP contribution < -0.4 is 10.1 Å². The van der Waals surface area contributed by atoms with Crippen molar-refractivity contribution in [3.63, 3.8) is 0 Å². The zero-order chi connectivity index (χ0) is 19.2. The number of nitrogens with zero attached hydrogens (tertiary/aromatic N) is 4. The minimum Gasteiger partial charge on any atom is -0.497 e. The minimum absolute atomic E-state index is 0.00899. The van der Waals surface area contributed by atoms with Crippen LogP contribution in [0.5, 0.6) is 5.75 Å². The molecule has 1 aromatic heterocycles. The third kappa shape index (κ3) is 4.66. The van der Waals surface area contributed by atoms with E-state index in [2.05, 4.69) is 16.5 Å². The number of methoxy groups -OCH3 is 1. The topological polar surface area (TPSA) is 83.2 Å². The fourth-order valence-electron chi connectivity index (χ4n) is 3.29. The van der Waals surface area contributed by atoms with Gasteiger partial charge >= 0.3 is 0 Å². The van der Waals surface area contributed by atoms with E-state index in [1.807, 2.05) is 48.1 Å². The second-order valence-electron chi connectivity index (χ2n) is 6.81. The fraction of sp³-hybridized carbons (Fsp3) is 0.450. The molecule has 0 aliphatic carbocycles. The van der Waals surface area contributed by atoms with Crippen molar-refractivity contribution in [2.24, 2.45) is 0 Å². The lowest BCUT2D eigenvalue weighted by Crippen LogP contribution is -2.43. The normalized spacial score (nSPS) is 17.5. The van der Waals surface area contributed by atoms with Crippen LogP contribution in [0.15, 0.2) is 36.5 Å². The van der Waals surface area contributed by atoms with Gasteiger partial charge in [-0.05, 0) is 50.1 Å². The number of rotatable bonds is 7. The molecule has 1 N–H and O–H groups in total. The molecule has 1 amide bonds. The van der Waals surface area contributed by atoms with Gasteiger partial charge in [0.1, 0.15) is 11.8 Å². The Bertz CT molecular complexity index is 809. The number of amides is 1. The maximum atomic E-state index is 12.3. The molecule has 1 unspecified atom stereocenters. The van der Waals surface area contributed by atoms with E-state index < -0.39 is 0 Å². The van der Waals surface area contributed by atoms with Gasteiger partial charge in [0, 0.05) is 24.3 Å². The third-order valence-electron chi connectivity index (χ3n) is 4.81. The van der Waals surface area contributed by atoms with Gasteiger partial charge in [0.25, 0.3) is 0 Å². The number of carbonyl (C=O) groups is 1. The standard InChI is InChI=1S/C20H25N5O2/c1-15(22-13-20(26)25-10-3-4-17(25)12-21)14-24-11-9-19(23-24)16-5-7-18(27-2)8-6-16/h5-9,11,15,17,22H,3-4,10,13-14H2,1-2H3/t15-,17?/m0/s1. The molecule has 27 heavy (non-hydrogen) atoms. The Morgan fingerprint density at radius 1 is 1.41 bits per heavy atom. The van der Waals surface area contributed by atoms with Crippen molar-refractivity contribution >= 4 is 5.91 Å². The second kappa shape index (κ2) is 8.69. The highest BCUT2D eigenvalue weighted by molar-refractivity contribution is 5.79. The molecule has 0 spiro atoms. The molecule has 2 heterocycles. The molecule has 1 aromatic carbocycles. The summed E-state index contributed by atoms with van der Waals surface area (Å²) in [5, 5.41) is 16.9. The van der Waals surface area contributed by atoms with E-state index in [1.165, 1.54) is 0 Å². The second-order valence-corrected chi connectivity index (χ2v) is 6.81. The number of carbonyl (C=O) groups excluding carboxylic acids is 1. The van der Waals surface area contributed by atoms with E-state index >= 15 is 0 Å². The SMILES string of the molecule is COc1ccc(-c2ccn(C[C@H](C)NCC(=O)N3CCCC3C#N)n2)cc1. The molecule has 7 nitrogen and oxygen atoms in total. The van der Waals surface area contributed by atoms with Gasteiger partial charge < -0.3 is 15.0 Å². The maximum Gasteiger partial charge on any atom is 0.237 e. The summed E-state index contributed by atoms with van der Waals surface area (Å²) in [6.45, 7) is 3.60. The predicted octanol–water partition coefficient (Wildman–Crippen LogP) is 2.05. The van der Waals surface area contributed by atoms with Crippen LogP contribution in [0.3, 0.4) is 0 Å². The summed E-state index contributed by atoms with van der Waals surface area (Å²) < 4.78 is 7.05. The van der Waals surface area contributed by atoms with E-state index in [1.54, 1.807) is 12.0 Å². The molecular weight excluding hydrogens is 342 g/mol.